The molecule has 0 aliphatic carbocycles. The van der Waals surface area contributed by atoms with E-state index in [9.17, 15) is 9.59 Å². The molecule has 3 aromatic rings. The van der Waals surface area contributed by atoms with Gasteiger partial charge in [-0.25, -0.2) is 4.98 Å². The van der Waals surface area contributed by atoms with Crippen LogP contribution in [0.15, 0.2) is 47.8 Å². The molecule has 26 heavy (non-hydrogen) atoms. The van der Waals surface area contributed by atoms with Gasteiger partial charge in [0.25, 0.3) is 5.91 Å². The van der Waals surface area contributed by atoms with Crippen molar-refractivity contribution >= 4 is 39.7 Å². The van der Waals surface area contributed by atoms with Crippen molar-refractivity contribution in [1.82, 2.24) is 4.98 Å². The van der Waals surface area contributed by atoms with Crippen LogP contribution < -0.4 is 5.32 Å². The molecule has 0 radical (unpaired) electrons. The number of carbonyl (C=O) groups excluding carboxylic acids is 2. The minimum Gasteiger partial charge on any atom is -0.452 e. The van der Waals surface area contributed by atoms with Gasteiger partial charge in [-0.1, -0.05) is 37.3 Å². The number of carbonyl (C=O) groups is 2. The highest BCUT2D eigenvalue weighted by Crippen LogP contribution is 2.19. The Hall–Kier alpha value is -2.73. The zero-order valence-electron chi connectivity index (χ0n) is 14.7. The monoisotopic (exact) mass is 368 g/mol. The first-order chi connectivity index (χ1) is 12.5. The number of thiazole rings is 1. The van der Waals surface area contributed by atoms with E-state index in [0.717, 1.165) is 22.9 Å². The molecule has 1 atom stereocenters. The van der Waals surface area contributed by atoms with Crippen LogP contribution in [0.2, 0.25) is 0 Å². The summed E-state index contributed by atoms with van der Waals surface area (Å²) in [5.74, 6) is -0.815. The second-order valence-corrected chi connectivity index (χ2v) is 6.89. The van der Waals surface area contributed by atoms with E-state index in [4.69, 9.17) is 4.74 Å². The van der Waals surface area contributed by atoms with Crippen LogP contribution in [-0.2, 0) is 27.2 Å². The van der Waals surface area contributed by atoms with Crippen molar-refractivity contribution in [3.05, 3.63) is 58.5 Å². The molecule has 0 saturated heterocycles. The standard InChI is InChI=1S/C20H20N2O3S/c1-3-16-12-26-18(21-16)11-19(23)25-13(2)20(24)22-17-9-8-14-6-4-5-7-15(14)10-17/h4-10,12-13H,3,11H2,1-2H3,(H,22,24). The smallest absolute Gasteiger partial charge is 0.313 e. The van der Waals surface area contributed by atoms with Gasteiger partial charge >= 0.3 is 5.97 Å². The summed E-state index contributed by atoms with van der Waals surface area (Å²) in [6.45, 7) is 3.57. The van der Waals surface area contributed by atoms with E-state index in [1.54, 1.807) is 6.92 Å². The highest BCUT2D eigenvalue weighted by molar-refractivity contribution is 7.09. The summed E-state index contributed by atoms with van der Waals surface area (Å²) in [5.41, 5.74) is 1.63. The Morgan fingerprint density at radius 1 is 1.19 bits per heavy atom. The van der Waals surface area contributed by atoms with Crippen LogP contribution >= 0.6 is 11.3 Å². The fourth-order valence-corrected chi connectivity index (χ4v) is 3.38. The Morgan fingerprint density at radius 2 is 1.96 bits per heavy atom. The fourth-order valence-electron chi connectivity index (χ4n) is 2.52. The Balaban J connectivity index is 1.57. The third-order valence-corrected chi connectivity index (χ3v) is 4.85. The lowest BCUT2D eigenvalue weighted by molar-refractivity contribution is -0.152. The largest absolute Gasteiger partial charge is 0.452 e. The van der Waals surface area contributed by atoms with Crippen molar-refractivity contribution in [2.75, 3.05) is 5.32 Å². The number of hydrogen-bond acceptors (Lipinski definition) is 5. The molecule has 3 rings (SSSR count). The zero-order chi connectivity index (χ0) is 18.5. The highest BCUT2D eigenvalue weighted by Gasteiger charge is 2.19. The highest BCUT2D eigenvalue weighted by atomic mass is 32.1. The minimum absolute atomic E-state index is 0.0816. The maximum atomic E-state index is 12.3. The summed E-state index contributed by atoms with van der Waals surface area (Å²) in [7, 11) is 0. The summed E-state index contributed by atoms with van der Waals surface area (Å²) in [4.78, 5) is 28.6. The predicted molar refractivity (Wildman–Crippen MR) is 103 cm³/mol. The summed E-state index contributed by atoms with van der Waals surface area (Å²) >= 11 is 1.43. The second-order valence-electron chi connectivity index (χ2n) is 5.95. The number of aromatic nitrogens is 1. The predicted octanol–water partition coefficient (Wildman–Crippen LogP) is 3.97. The van der Waals surface area contributed by atoms with E-state index < -0.39 is 12.1 Å². The molecule has 0 aliphatic rings. The zero-order valence-corrected chi connectivity index (χ0v) is 15.5. The van der Waals surface area contributed by atoms with E-state index in [2.05, 4.69) is 10.3 Å². The lowest BCUT2D eigenvalue weighted by Crippen LogP contribution is -2.30. The molecule has 134 valence electrons. The molecule has 1 heterocycles. The molecular weight excluding hydrogens is 348 g/mol. The van der Waals surface area contributed by atoms with Gasteiger partial charge in [0.2, 0.25) is 0 Å². The van der Waals surface area contributed by atoms with Gasteiger partial charge in [-0.05, 0) is 36.2 Å². The number of fused-ring (bicyclic) bond motifs is 1. The number of esters is 1. The normalized spacial score (nSPS) is 11.9. The van der Waals surface area contributed by atoms with Gasteiger partial charge in [-0.15, -0.1) is 11.3 Å². The molecule has 0 fully saturated rings. The van der Waals surface area contributed by atoms with Gasteiger partial charge < -0.3 is 10.1 Å². The Labute approximate surface area is 156 Å². The van der Waals surface area contributed by atoms with Crippen LogP contribution in [0.25, 0.3) is 10.8 Å². The number of rotatable bonds is 6. The number of aryl methyl sites for hydroxylation is 1. The topological polar surface area (TPSA) is 68.3 Å². The number of nitrogens with one attached hydrogen (secondary N) is 1. The Kier molecular flexibility index (Phi) is 5.63. The van der Waals surface area contributed by atoms with Crippen molar-refractivity contribution < 1.29 is 14.3 Å². The SMILES string of the molecule is CCc1csc(CC(=O)OC(C)C(=O)Nc2ccc3ccccc3c2)n1. The fraction of sp³-hybridized carbons (Fsp3) is 0.250. The van der Waals surface area contributed by atoms with Crippen LogP contribution in [0, 0.1) is 0 Å². The van der Waals surface area contributed by atoms with Crippen LogP contribution in [-0.4, -0.2) is 23.0 Å². The molecule has 1 aromatic heterocycles. The third kappa shape index (κ3) is 4.46. The van der Waals surface area contributed by atoms with Gasteiger partial charge in [-0.3, -0.25) is 9.59 Å². The molecule has 2 aromatic carbocycles. The number of nitrogens with zero attached hydrogens (tertiary/aromatic N) is 1. The average Bonchev–Trinajstić information content (AvgIpc) is 3.08. The maximum absolute atomic E-state index is 12.3. The molecule has 0 spiro atoms. The summed E-state index contributed by atoms with van der Waals surface area (Å²) in [6.07, 6.45) is 0.0357. The van der Waals surface area contributed by atoms with Crippen molar-refractivity contribution in [3.8, 4) is 0 Å². The molecule has 1 N–H and O–H groups in total. The van der Waals surface area contributed by atoms with Gasteiger partial charge in [0.1, 0.15) is 5.01 Å². The maximum Gasteiger partial charge on any atom is 0.313 e. The number of benzene rings is 2. The number of hydrogen-bond donors (Lipinski definition) is 1. The van der Waals surface area contributed by atoms with Crippen molar-refractivity contribution in [3.63, 3.8) is 0 Å². The van der Waals surface area contributed by atoms with Crippen molar-refractivity contribution in [2.45, 2.75) is 32.8 Å². The van der Waals surface area contributed by atoms with Crippen LogP contribution in [0.1, 0.15) is 24.5 Å². The lowest BCUT2D eigenvalue weighted by atomic mass is 10.1. The first kappa shape index (κ1) is 18.1. The van der Waals surface area contributed by atoms with E-state index >= 15 is 0 Å². The Morgan fingerprint density at radius 3 is 2.69 bits per heavy atom. The summed E-state index contributed by atoms with van der Waals surface area (Å²) < 4.78 is 5.23. The van der Waals surface area contributed by atoms with E-state index in [1.807, 2.05) is 54.8 Å². The minimum atomic E-state index is -0.875. The van der Waals surface area contributed by atoms with Gasteiger partial charge in [0, 0.05) is 11.1 Å². The van der Waals surface area contributed by atoms with Crippen molar-refractivity contribution in [2.24, 2.45) is 0 Å². The average molecular weight is 368 g/mol. The molecule has 1 amide bonds. The van der Waals surface area contributed by atoms with Crippen LogP contribution in [0.3, 0.4) is 0 Å². The van der Waals surface area contributed by atoms with E-state index in [1.165, 1.54) is 11.3 Å². The van der Waals surface area contributed by atoms with Crippen LogP contribution in [0.4, 0.5) is 5.69 Å². The second kappa shape index (κ2) is 8.10. The van der Waals surface area contributed by atoms with E-state index in [-0.39, 0.29) is 12.3 Å². The summed E-state index contributed by atoms with van der Waals surface area (Å²) in [6, 6.07) is 13.6. The lowest BCUT2D eigenvalue weighted by Gasteiger charge is -2.13. The molecule has 1 unspecified atom stereocenters. The van der Waals surface area contributed by atoms with Crippen LogP contribution in [0.5, 0.6) is 0 Å². The molecule has 5 nitrogen and oxygen atoms in total. The third-order valence-electron chi connectivity index (χ3n) is 3.95. The number of anilines is 1. The molecule has 0 saturated carbocycles. The number of amides is 1. The molecule has 0 aliphatic heterocycles. The van der Waals surface area contributed by atoms with Gasteiger partial charge in [-0.2, -0.15) is 0 Å². The molecular formula is C20H20N2O3S. The number of ether oxygens (including phenoxy) is 1. The first-order valence-corrected chi connectivity index (χ1v) is 9.35. The Bertz CT molecular complexity index is 935. The van der Waals surface area contributed by atoms with Crippen molar-refractivity contribution in [1.29, 1.82) is 0 Å². The first-order valence-electron chi connectivity index (χ1n) is 8.47. The quantitative estimate of drug-likeness (QED) is 0.669. The molecule has 6 heteroatoms. The molecule has 0 bridgehead atoms. The summed E-state index contributed by atoms with van der Waals surface area (Å²) in [5, 5.41) is 7.55. The van der Waals surface area contributed by atoms with Gasteiger partial charge in [0.15, 0.2) is 6.10 Å². The van der Waals surface area contributed by atoms with Gasteiger partial charge in [0.05, 0.1) is 12.1 Å². The van der Waals surface area contributed by atoms with E-state index in [0.29, 0.717) is 10.7 Å².